The van der Waals surface area contributed by atoms with E-state index in [1.54, 1.807) is 0 Å². The second-order valence-corrected chi connectivity index (χ2v) is 8.86. The van der Waals surface area contributed by atoms with Crippen LogP contribution in [0.25, 0.3) is 0 Å². The summed E-state index contributed by atoms with van der Waals surface area (Å²) < 4.78 is 5.99. The molecular formula is C20H26N4O3S. The van der Waals surface area contributed by atoms with Crippen molar-refractivity contribution in [2.24, 2.45) is 5.92 Å². The summed E-state index contributed by atoms with van der Waals surface area (Å²) in [4.78, 5) is 30.6. The highest BCUT2D eigenvalue weighted by atomic mass is 32.1. The van der Waals surface area contributed by atoms with Crippen LogP contribution >= 0.6 is 11.3 Å². The molecular weight excluding hydrogens is 376 g/mol. The third-order valence-corrected chi connectivity index (χ3v) is 6.21. The van der Waals surface area contributed by atoms with Gasteiger partial charge in [-0.15, -0.1) is 11.3 Å². The van der Waals surface area contributed by atoms with Gasteiger partial charge >= 0.3 is 0 Å². The van der Waals surface area contributed by atoms with Crippen molar-refractivity contribution < 1.29 is 14.0 Å². The first-order valence-electron chi connectivity index (χ1n) is 9.79. The van der Waals surface area contributed by atoms with Crippen molar-refractivity contribution in [1.29, 1.82) is 0 Å². The summed E-state index contributed by atoms with van der Waals surface area (Å²) >= 11 is 1.44. The molecule has 2 N–H and O–H groups in total. The number of amides is 2. The molecule has 8 heteroatoms. The maximum absolute atomic E-state index is 12.3. The van der Waals surface area contributed by atoms with Gasteiger partial charge in [0, 0.05) is 23.0 Å². The van der Waals surface area contributed by atoms with Gasteiger partial charge in [-0.3, -0.25) is 25.3 Å². The lowest BCUT2D eigenvalue weighted by molar-refractivity contribution is -0.129. The Morgan fingerprint density at radius 2 is 2.04 bits per heavy atom. The van der Waals surface area contributed by atoms with E-state index in [-0.39, 0.29) is 24.8 Å². The lowest BCUT2D eigenvalue weighted by Crippen LogP contribution is -2.47. The molecule has 2 aliphatic rings. The van der Waals surface area contributed by atoms with E-state index in [1.165, 1.54) is 17.8 Å². The highest BCUT2D eigenvalue weighted by molar-refractivity contribution is 7.09. The monoisotopic (exact) mass is 402 g/mol. The molecule has 2 amide bonds. The van der Waals surface area contributed by atoms with Gasteiger partial charge in [-0.05, 0) is 44.2 Å². The van der Waals surface area contributed by atoms with E-state index >= 15 is 0 Å². The second kappa shape index (κ2) is 8.05. The molecule has 0 aliphatic heterocycles. The standard InChI is InChI=1S/C20H26N4O3S/c1-12-7-16(12)17-6-5-15(27-17)9-24(14-3-4-14)10-19(26)23-22-18(25)8-20-21-13(2)11-28-20/h5-6,11-12,14,16H,3-4,7-10H2,1-2H3,(H,22,25)(H,23,26). The number of aryl methyl sites for hydroxylation is 1. The lowest BCUT2D eigenvalue weighted by atomic mass is 10.3. The quantitative estimate of drug-likeness (QED) is 0.663. The highest BCUT2D eigenvalue weighted by Gasteiger charge is 2.37. The van der Waals surface area contributed by atoms with E-state index in [4.69, 9.17) is 4.42 Å². The maximum atomic E-state index is 12.3. The summed E-state index contributed by atoms with van der Waals surface area (Å²) in [5.74, 6) is 2.74. The molecule has 2 heterocycles. The van der Waals surface area contributed by atoms with Crippen LogP contribution in [0.15, 0.2) is 21.9 Å². The number of carbonyl (C=O) groups is 2. The third-order valence-electron chi connectivity index (χ3n) is 5.25. The summed E-state index contributed by atoms with van der Waals surface area (Å²) in [5.41, 5.74) is 5.89. The molecule has 2 unspecified atom stereocenters. The third kappa shape index (κ3) is 4.99. The molecule has 2 aromatic heterocycles. The summed E-state index contributed by atoms with van der Waals surface area (Å²) in [5, 5.41) is 2.64. The van der Waals surface area contributed by atoms with Gasteiger partial charge in [0.25, 0.3) is 5.91 Å². The molecule has 0 radical (unpaired) electrons. The van der Waals surface area contributed by atoms with E-state index in [1.807, 2.05) is 18.4 Å². The Labute approximate surface area is 168 Å². The number of furan rings is 1. The minimum absolute atomic E-state index is 0.167. The van der Waals surface area contributed by atoms with Crippen LogP contribution in [0.5, 0.6) is 0 Å². The Morgan fingerprint density at radius 1 is 1.29 bits per heavy atom. The molecule has 150 valence electrons. The van der Waals surface area contributed by atoms with Crippen LogP contribution < -0.4 is 10.9 Å². The first kappa shape index (κ1) is 19.1. The van der Waals surface area contributed by atoms with E-state index in [9.17, 15) is 9.59 Å². The Morgan fingerprint density at radius 3 is 2.68 bits per heavy atom. The molecule has 7 nitrogen and oxygen atoms in total. The Balaban J connectivity index is 1.24. The zero-order valence-electron chi connectivity index (χ0n) is 16.2. The van der Waals surface area contributed by atoms with Crippen LogP contribution in [-0.4, -0.2) is 34.3 Å². The van der Waals surface area contributed by atoms with E-state index in [2.05, 4.69) is 33.7 Å². The van der Waals surface area contributed by atoms with Crippen LogP contribution in [0.3, 0.4) is 0 Å². The van der Waals surface area contributed by atoms with E-state index < -0.39 is 0 Å². The van der Waals surface area contributed by atoms with E-state index in [0.717, 1.165) is 35.1 Å². The van der Waals surface area contributed by atoms with Crippen molar-refractivity contribution in [3.63, 3.8) is 0 Å². The zero-order valence-corrected chi connectivity index (χ0v) is 17.1. The largest absolute Gasteiger partial charge is 0.464 e. The van der Waals surface area contributed by atoms with E-state index in [0.29, 0.717) is 24.4 Å². The summed E-state index contributed by atoms with van der Waals surface area (Å²) in [6, 6.07) is 4.49. The average Bonchev–Trinajstić information content (AvgIpc) is 3.54. The van der Waals surface area contributed by atoms with Crippen molar-refractivity contribution in [1.82, 2.24) is 20.7 Å². The number of nitrogens with zero attached hydrogens (tertiary/aromatic N) is 2. The summed E-state index contributed by atoms with van der Waals surface area (Å²) in [6.45, 7) is 4.97. The van der Waals surface area contributed by atoms with Gasteiger partial charge in [-0.2, -0.15) is 0 Å². The van der Waals surface area contributed by atoms with Crippen LogP contribution in [0.2, 0.25) is 0 Å². The molecule has 2 atom stereocenters. The Bertz CT molecular complexity index is 857. The van der Waals surface area contributed by atoms with Gasteiger partial charge < -0.3 is 4.42 Å². The van der Waals surface area contributed by atoms with Gasteiger partial charge in [0.1, 0.15) is 16.5 Å². The molecule has 4 rings (SSSR count). The van der Waals surface area contributed by atoms with Gasteiger partial charge in [0.05, 0.1) is 19.5 Å². The van der Waals surface area contributed by atoms with Gasteiger partial charge in [0.15, 0.2) is 0 Å². The number of hydrogen-bond donors (Lipinski definition) is 2. The number of rotatable bonds is 8. The summed E-state index contributed by atoms with van der Waals surface area (Å²) in [7, 11) is 0. The first-order chi connectivity index (χ1) is 13.5. The molecule has 0 bridgehead atoms. The molecule has 2 aromatic rings. The fourth-order valence-electron chi connectivity index (χ4n) is 3.38. The average molecular weight is 403 g/mol. The van der Waals surface area contributed by atoms with Crippen molar-refractivity contribution in [3.05, 3.63) is 39.7 Å². The van der Waals surface area contributed by atoms with Crippen molar-refractivity contribution in [2.75, 3.05) is 6.54 Å². The highest BCUT2D eigenvalue weighted by Crippen LogP contribution is 2.47. The van der Waals surface area contributed by atoms with Crippen molar-refractivity contribution >= 4 is 23.2 Å². The van der Waals surface area contributed by atoms with Gasteiger partial charge in [-0.25, -0.2) is 4.98 Å². The van der Waals surface area contributed by atoms with Crippen LogP contribution in [-0.2, 0) is 22.6 Å². The smallest absolute Gasteiger partial charge is 0.252 e. The minimum atomic E-state index is -0.269. The van der Waals surface area contributed by atoms with Crippen LogP contribution in [0.4, 0.5) is 0 Å². The van der Waals surface area contributed by atoms with Crippen molar-refractivity contribution in [3.8, 4) is 0 Å². The first-order valence-corrected chi connectivity index (χ1v) is 10.7. The fraction of sp³-hybridized carbons (Fsp3) is 0.550. The SMILES string of the molecule is Cc1csc(CC(=O)NNC(=O)CN(Cc2ccc(C3CC3C)o2)C2CC2)n1. The van der Waals surface area contributed by atoms with Crippen LogP contribution in [0.1, 0.15) is 54.3 Å². The minimum Gasteiger partial charge on any atom is -0.464 e. The van der Waals surface area contributed by atoms with Gasteiger partial charge in [-0.1, -0.05) is 6.92 Å². The summed E-state index contributed by atoms with van der Waals surface area (Å²) in [6.07, 6.45) is 3.55. The molecule has 0 spiro atoms. The number of hydrogen-bond acceptors (Lipinski definition) is 6. The number of hydrazine groups is 1. The molecule has 28 heavy (non-hydrogen) atoms. The van der Waals surface area contributed by atoms with Gasteiger partial charge in [0.2, 0.25) is 5.91 Å². The number of carbonyl (C=O) groups excluding carboxylic acids is 2. The Hall–Kier alpha value is -2.19. The molecule has 2 fully saturated rings. The topological polar surface area (TPSA) is 87.5 Å². The number of nitrogens with one attached hydrogen (secondary N) is 2. The molecule has 2 aliphatic carbocycles. The maximum Gasteiger partial charge on any atom is 0.252 e. The second-order valence-electron chi connectivity index (χ2n) is 7.92. The van der Waals surface area contributed by atoms with Crippen molar-refractivity contribution in [2.45, 2.75) is 58.0 Å². The zero-order chi connectivity index (χ0) is 19.7. The fourth-order valence-corrected chi connectivity index (χ4v) is 4.15. The predicted octanol–water partition coefficient (Wildman–Crippen LogP) is 2.52. The predicted molar refractivity (Wildman–Crippen MR) is 106 cm³/mol. The molecule has 2 saturated carbocycles. The molecule has 0 saturated heterocycles. The number of thiazole rings is 1. The molecule has 0 aromatic carbocycles. The normalized spacial score (nSPS) is 21.0. The number of aromatic nitrogens is 1. The lowest BCUT2D eigenvalue weighted by Gasteiger charge is -2.20. The Kier molecular flexibility index (Phi) is 5.50. The van der Waals surface area contributed by atoms with Crippen LogP contribution in [0, 0.1) is 12.8 Å².